The molecular formula is C18H33NO2. The second kappa shape index (κ2) is 9.99. The number of likely N-dealkylation sites (tertiary alicyclic amines) is 1. The third kappa shape index (κ3) is 7.12. The number of hydrogen-bond donors (Lipinski definition) is 0. The average molecular weight is 295 g/mol. The van der Waals surface area contributed by atoms with Crippen LogP contribution < -0.4 is 0 Å². The summed E-state index contributed by atoms with van der Waals surface area (Å²) < 4.78 is 5.22. The van der Waals surface area contributed by atoms with Crippen LogP contribution in [-0.2, 0) is 9.53 Å². The molecule has 122 valence electrons. The summed E-state index contributed by atoms with van der Waals surface area (Å²) in [5.41, 5.74) is 1.40. The number of carbonyl (C=O) groups excluding carboxylic acids is 1. The van der Waals surface area contributed by atoms with Crippen molar-refractivity contribution in [2.24, 2.45) is 5.92 Å². The highest BCUT2D eigenvalue weighted by Gasteiger charge is 2.29. The average Bonchev–Trinajstić information content (AvgIpc) is 2.45. The first kappa shape index (κ1) is 18.2. The minimum absolute atomic E-state index is 0.00341. The maximum atomic E-state index is 12.0. The van der Waals surface area contributed by atoms with Gasteiger partial charge in [-0.1, -0.05) is 25.0 Å². The maximum absolute atomic E-state index is 12.0. The molecular weight excluding hydrogens is 262 g/mol. The highest BCUT2D eigenvalue weighted by molar-refractivity contribution is 5.75. The van der Waals surface area contributed by atoms with E-state index in [9.17, 15) is 4.79 Å². The van der Waals surface area contributed by atoms with Crippen molar-refractivity contribution in [2.45, 2.75) is 72.3 Å². The van der Waals surface area contributed by atoms with E-state index in [1.54, 1.807) is 0 Å². The van der Waals surface area contributed by atoms with Crippen LogP contribution in [-0.4, -0.2) is 36.6 Å². The number of piperidine rings is 1. The number of hydrogen-bond acceptors (Lipinski definition) is 3. The number of nitrogens with zero attached hydrogens (tertiary/aromatic N) is 1. The van der Waals surface area contributed by atoms with E-state index >= 15 is 0 Å². The van der Waals surface area contributed by atoms with Crippen LogP contribution in [0.2, 0.25) is 0 Å². The van der Waals surface area contributed by atoms with Gasteiger partial charge in [0.25, 0.3) is 0 Å². The van der Waals surface area contributed by atoms with Crippen LogP contribution in [0.25, 0.3) is 0 Å². The Hall–Kier alpha value is -0.830. The van der Waals surface area contributed by atoms with Gasteiger partial charge in [-0.15, -0.1) is 0 Å². The van der Waals surface area contributed by atoms with E-state index in [4.69, 9.17) is 4.74 Å². The van der Waals surface area contributed by atoms with Crippen LogP contribution in [0.3, 0.4) is 0 Å². The molecule has 1 aliphatic rings. The summed E-state index contributed by atoms with van der Waals surface area (Å²) in [4.78, 5) is 14.4. The molecule has 0 unspecified atom stereocenters. The molecule has 0 aliphatic carbocycles. The molecule has 0 amide bonds. The Balaban J connectivity index is 2.36. The highest BCUT2D eigenvalue weighted by atomic mass is 16.5. The van der Waals surface area contributed by atoms with E-state index in [1.807, 2.05) is 6.92 Å². The summed E-state index contributed by atoms with van der Waals surface area (Å²) in [6.07, 6.45) is 9.22. The molecule has 0 aromatic rings. The summed E-state index contributed by atoms with van der Waals surface area (Å²) in [6, 6.07) is 0.00341. The van der Waals surface area contributed by atoms with Gasteiger partial charge < -0.3 is 4.74 Å². The van der Waals surface area contributed by atoms with Crippen molar-refractivity contribution in [1.82, 2.24) is 4.90 Å². The molecule has 0 spiro atoms. The number of carbonyl (C=O) groups is 1. The van der Waals surface area contributed by atoms with E-state index in [1.165, 1.54) is 31.3 Å². The Morgan fingerprint density at radius 1 is 1.33 bits per heavy atom. The molecule has 1 heterocycles. The molecule has 2 atom stereocenters. The predicted octanol–water partition coefficient (Wildman–Crippen LogP) is 4.18. The van der Waals surface area contributed by atoms with Crippen LogP contribution in [0.4, 0.5) is 0 Å². The molecule has 0 N–H and O–H groups in total. The molecule has 21 heavy (non-hydrogen) atoms. The molecule has 1 fully saturated rings. The Morgan fingerprint density at radius 3 is 2.76 bits per heavy atom. The summed E-state index contributed by atoms with van der Waals surface area (Å²) in [5.74, 6) is 0.694. The van der Waals surface area contributed by atoms with Gasteiger partial charge in [0.2, 0.25) is 0 Å². The van der Waals surface area contributed by atoms with Gasteiger partial charge >= 0.3 is 5.97 Å². The minimum Gasteiger partial charge on any atom is -0.465 e. The summed E-state index contributed by atoms with van der Waals surface area (Å²) >= 11 is 0. The molecule has 3 heteroatoms. The van der Waals surface area contributed by atoms with Crippen LogP contribution in [0, 0.1) is 5.92 Å². The lowest BCUT2D eigenvalue weighted by Gasteiger charge is -2.34. The van der Waals surface area contributed by atoms with Gasteiger partial charge in [-0.25, -0.2) is 0 Å². The van der Waals surface area contributed by atoms with Crippen molar-refractivity contribution in [3.05, 3.63) is 11.6 Å². The fourth-order valence-electron chi connectivity index (χ4n) is 2.95. The first-order valence-electron chi connectivity index (χ1n) is 8.58. The molecule has 1 rings (SSSR count). The summed E-state index contributed by atoms with van der Waals surface area (Å²) in [7, 11) is 0. The zero-order valence-electron chi connectivity index (χ0n) is 14.4. The highest BCUT2D eigenvalue weighted by Crippen LogP contribution is 2.20. The van der Waals surface area contributed by atoms with E-state index in [0.29, 0.717) is 12.5 Å². The first-order chi connectivity index (χ1) is 10.0. The molecule has 0 aromatic heterocycles. The normalized spacial score (nSPS) is 20.9. The van der Waals surface area contributed by atoms with Gasteiger partial charge in [0.05, 0.1) is 6.61 Å². The van der Waals surface area contributed by atoms with Crippen molar-refractivity contribution < 1.29 is 9.53 Å². The zero-order valence-corrected chi connectivity index (χ0v) is 14.4. The first-order valence-corrected chi connectivity index (χ1v) is 8.58. The van der Waals surface area contributed by atoms with Gasteiger partial charge in [0.15, 0.2) is 0 Å². The number of ether oxygens (including phenoxy) is 1. The summed E-state index contributed by atoms with van der Waals surface area (Å²) in [5, 5.41) is 0. The largest absolute Gasteiger partial charge is 0.465 e. The molecule has 1 saturated heterocycles. The molecule has 0 bridgehead atoms. The van der Waals surface area contributed by atoms with Gasteiger partial charge in [0, 0.05) is 0 Å². The fourth-order valence-corrected chi connectivity index (χ4v) is 2.95. The second-order valence-corrected chi connectivity index (χ2v) is 6.55. The lowest BCUT2D eigenvalue weighted by Crippen LogP contribution is -2.46. The predicted molar refractivity (Wildman–Crippen MR) is 88.3 cm³/mol. The topological polar surface area (TPSA) is 29.5 Å². The fraction of sp³-hybridized carbons (Fsp3) is 0.833. The Kier molecular flexibility index (Phi) is 8.67. The quantitative estimate of drug-likeness (QED) is 0.497. The van der Waals surface area contributed by atoms with Crippen molar-refractivity contribution in [3.63, 3.8) is 0 Å². The van der Waals surface area contributed by atoms with Crippen molar-refractivity contribution in [1.29, 1.82) is 0 Å². The van der Waals surface area contributed by atoms with E-state index in [2.05, 4.69) is 31.7 Å². The van der Waals surface area contributed by atoms with E-state index in [-0.39, 0.29) is 12.0 Å². The number of rotatable bonds is 8. The molecule has 3 nitrogen and oxygen atoms in total. The van der Waals surface area contributed by atoms with Gasteiger partial charge in [-0.3, -0.25) is 9.69 Å². The Labute approximate surface area is 130 Å². The molecule has 0 saturated carbocycles. The van der Waals surface area contributed by atoms with Gasteiger partial charge in [-0.2, -0.15) is 0 Å². The lowest BCUT2D eigenvalue weighted by atomic mass is 9.97. The Bertz CT molecular complexity index is 334. The zero-order chi connectivity index (χ0) is 15.7. The molecule has 1 aliphatic heterocycles. The smallest absolute Gasteiger partial charge is 0.323 e. The minimum atomic E-state index is -0.0191. The van der Waals surface area contributed by atoms with E-state index in [0.717, 1.165) is 25.9 Å². The lowest BCUT2D eigenvalue weighted by molar-refractivity contribution is -0.151. The van der Waals surface area contributed by atoms with Crippen molar-refractivity contribution in [3.8, 4) is 0 Å². The van der Waals surface area contributed by atoms with Gasteiger partial charge in [0.1, 0.15) is 6.04 Å². The third-order valence-corrected chi connectivity index (χ3v) is 4.29. The second-order valence-electron chi connectivity index (χ2n) is 6.55. The van der Waals surface area contributed by atoms with Gasteiger partial charge in [-0.05, 0) is 71.9 Å². The maximum Gasteiger partial charge on any atom is 0.323 e. The molecule has 0 radical (unpaired) electrons. The molecule has 0 aromatic carbocycles. The number of allylic oxidation sites excluding steroid dienone is 2. The SMILES string of the molecule is CCOC(=O)[C@H]1CCCCN1CC[C@@H](C)CCC=C(C)C. The van der Waals surface area contributed by atoms with E-state index < -0.39 is 0 Å². The van der Waals surface area contributed by atoms with Crippen LogP contribution in [0.15, 0.2) is 11.6 Å². The standard InChI is InChI=1S/C18H33NO2/c1-5-21-18(20)17-11-6-7-13-19(17)14-12-16(4)10-8-9-15(2)3/h9,16-17H,5-8,10-14H2,1-4H3/t16-,17+/m0/s1. The monoisotopic (exact) mass is 295 g/mol. The Morgan fingerprint density at radius 2 is 2.10 bits per heavy atom. The van der Waals surface area contributed by atoms with Crippen LogP contribution in [0.1, 0.15) is 66.2 Å². The van der Waals surface area contributed by atoms with Crippen LogP contribution in [0.5, 0.6) is 0 Å². The van der Waals surface area contributed by atoms with Crippen LogP contribution >= 0.6 is 0 Å². The summed E-state index contributed by atoms with van der Waals surface area (Å²) in [6.45, 7) is 11.1. The van der Waals surface area contributed by atoms with Crippen molar-refractivity contribution in [2.75, 3.05) is 19.7 Å². The third-order valence-electron chi connectivity index (χ3n) is 4.29. The number of esters is 1. The van der Waals surface area contributed by atoms with Crippen molar-refractivity contribution >= 4 is 5.97 Å².